The van der Waals surface area contributed by atoms with Crippen molar-refractivity contribution >= 4 is 39.0 Å². The van der Waals surface area contributed by atoms with E-state index in [0.717, 1.165) is 55.7 Å². The molecule has 0 fully saturated rings. The molecule has 11 aromatic rings. The van der Waals surface area contributed by atoms with Crippen LogP contribution in [0.1, 0.15) is 22.3 Å². The highest BCUT2D eigenvalue weighted by Gasteiger charge is 2.47. The van der Waals surface area contributed by atoms with E-state index in [2.05, 4.69) is 241 Å². The zero-order valence-corrected chi connectivity index (χ0v) is 34.5. The van der Waals surface area contributed by atoms with Crippen LogP contribution in [0.2, 0.25) is 0 Å². The molecule has 12 rings (SSSR count). The van der Waals surface area contributed by atoms with Crippen molar-refractivity contribution in [2.24, 2.45) is 0 Å². The molecule has 10 aromatic carbocycles. The molecule has 0 spiro atoms. The van der Waals surface area contributed by atoms with Gasteiger partial charge in [0.1, 0.15) is 11.2 Å². The lowest BCUT2D eigenvalue weighted by Gasteiger charge is -2.34. The van der Waals surface area contributed by atoms with Crippen molar-refractivity contribution in [3.05, 3.63) is 271 Å². The summed E-state index contributed by atoms with van der Waals surface area (Å²) in [6.07, 6.45) is 0. The van der Waals surface area contributed by atoms with Gasteiger partial charge in [-0.05, 0) is 110 Å². The van der Waals surface area contributed by atoms with E-state index in [9.17, 15) is 0 Å². The molecule has 0 radical (unpaired) electrons. The van der Waals surface area contributed by atoms with Crippen LogP contribution in [0.15, 0.2) is 253 Å². The first-order chi connectivity index (χ1) is 31.2. The van der Waals surface area contributed by atoms with Gasteiger partial charge < -0.3 is 9.32 Å². The number of fused-ring (bicyclic) bond motifs is 6. The van der Waals surface area contributed by atoms with E-state index >= 15 is 0 Å². The lowest BCUT2D eigenvalue weighted by molar-refractivity contribution is 0.669. The van der Waals surface area contributed by atoms with Crippen molar-refractivity contribution in [3.8, 4) is 44.5 Å². The maximum atomic E-state index is 6.19. The van der Waals surface area contributed by atoms with E-state index in [-0.39, 0.29) is 0 Å². The highest BCUT2D eigenvalue weighted by Crippen LogP contribution is 2.59. The third-order valence-electron chi connectivity index (χ3n) is 13.0. The minimum absolute atomic E-state index is 0.516. The van der Waals surface area contributed by atoms with E-state index in [1.807, 2.05) is 12.1 Å². The Balaban J connectivity index is 1.05. The van der Waals surface area contributed by atoms with Crippen molar-refractivity contribution in [2.45, 2.75) is 5.41 Å². The molecule has 0 amide bonds. The van der Waals surface area contributed by atoms with Crippen LogP contribution in [-0.4, -0.2) is 0 Å². The van der Waals surface area contributed by atoms with Crippen molar-refractivity contribution in [2.75, 3.05) is 4.90 Å². The van der Waals surface area contributed by atoms with Gasteiger partial charge in [-0.2, -0.15) is 0 Å². The van der Waals surface area contributed by atoms with E-state index in [0.29, 0.717) is 0 Å². The van der Waals surface area contributed by atoms with Crippen LogP contribution < -0.4 is 4.90 Å². The number of furan rings is 1. The number of nitrogens with zero attached hydrogens (tertiary/aromatic N) is 1. The highest BCUT2D eigenvalue weighted by molar-refractivity contribution is 6.06. The molecule has 1 aromatic heterocycles. The van der Waals surface area contributed by atoms with Crippen LogP contribution in [0.5, 0.6) is 0 Å². The Labute approximate surface area is 367 Å². The lowest BCUT2D eigenvalue weighted by Crippen LogP contribution is -2.28. The fourth-order valence-electron chi connectivity index (χ4n) is 10.1. The summed E-state index contributed by atoms with van der Waals surface area (Å²) in [6, 6.07) is 90.4. The van der Waals surface area contributed by atoms with Gasteiger partial charge in [-0.3, -0.25) is 0 Å². The second kappa shape index (κ2) is 15.1. The van der Waals surface area contributed by atoms with Gasteiger partial charge in [0, 0.05) is 27.7 Å². The van der Waals surface area contributed by atoms with Gasteiger partial charge in [0.15, 0.2) is 0 Å². The highest BCUT2D eigenvalue weighted by atomic mass is 16.3. The quantitative estimate of drug-likeness (QED) is 0.152. The number of para-hydroxylation sites is 1. The summed E-state index contributed by atoms with van der Waals surface area (Å²) in [5, 5.41) is 2.26. The van der Waals surface area contributed by atoms with Crippen LogP contribution in [0.25, 0.3) is 66.4 Å². The Morgan fingerprint density at radius 2 is 0.825 bits per heavy atom. The summed E-state index contributed by atoms with van der Waals surface area (Å²) in [5.74, 6) is 0. The molecule has 1 aliphatic rings. The summed E-state index contributed by atoms with van der Waals surface area (Å²) in [7, 11) is 0. The van der Waals surface area contributed by atoms with Crippen LogP contribution in [0.3, 0.4) is 0 Å². The summed E-state index contributed by atoms with van der Waals surface area (Å²) >= 11 is 0. The van der Waals surface area contributed by atoms with Gasteiger partial charge in [0.05, 0.1) is 11.1 Å². The maximum absolute atomic E-state index is 6.19. The Bertz CT molecular complexity index is 3380. The summed E-state index contributed by atoms with van der Waals surface area (Å²) < 4.78 is 6.19. The van der Waals surface area contributed by atoms with Gasteiger partial charge in [0.2, 0.25) is 0 Å². The predicted molar refractivity (Wildman–Crippen MR) is 262 cm³/mol. The van der Waals surface area contributed by atoms with Crippen molar-refractivity contribution < 1.29 is 4.42 Å². The molecule has 1 heterocycles. The van der Waals surface area contributed by atoms with E-state index in [4.69, 9.17) is 4.42 Å². The molecule has 63 heavy (non-hydrogen) atoms. The molecule has 296 valence electrons. The minimum atomic E-state index is -0.516. The zero-order valence-electron chi connectivity index (χ0n) is 34.5. The molecule has 0 unspecified atom stereocenters. The minimum Gasteiger partial charge on any atom is -0.456 e. The Morgan fingerprint density at radius 1 is 0.317 bits per heavy atom. The number of hydrogen-bond donors (Lipinski definition) is 0. The molecule has 2 heteroatoms. The molecule has 0 atom stereocenters. The molecule has 0 bridgehead atoms. The van der Waals surface area contributed by atoms with E-state index in [1.165, 1.54) is 50.1 Å². The van der Waals surface area contributed by atoms with Crippen molar-refractivity contribution in [1.82, 2.24) is 0 Å². The molecular formula is C61H41NO. The second-order valence-electron chi connectivity index (χ2n) is 16.4. The molecular weight excluding hydrogens is 763 g/mol. The van der Waals surface area contributed by atoms with E-state index in [1.54, 1.807) is 0 Å². The first-order valence-corrected chi connectivity index (χ1v) is 21.7. The molecule has 2 nitrogen and oxygen atoms in total. The Morgan fingerprint density at radius 3 is 1.56 bits per heavy atom. The van der Waals surface area contributed by atoms with Gasteiger partial charge in [-0.1, -0.05) is 200 Å². The topological polar surface area (TPSA) is 16.4 Å². The first-order valence-electron chi connectivity index (χ1n) is 21.7. The molecule has 0 saturated heterocycles. The average Bonchev–Trinajstić information content (AvgIpc) is 3.89. The molecule has 1 aliphatic carbocycles. The van der Waals surface area contributed by atoms with Crippen LogP contribution in [0, 0.1) is 0 Å². The van der Waals surface area contributed by atoms with Crippen molar-refractivity contribution in [3.63, 3.8) is 0 Å². The standard InChI is InChI=1S/C61H41NO/c1-4-16-42(17-5-1)43-30-32-44(33-31-43)46-18-14-23-51(40-46)62(50-37-34-45(35-38-50)47-36-39-59-54(41-47)52-24-11-13-29-58(52)63-59)57-28-15-27-56-60(57)53-25-10-12-26-55(53)61(56,48-19-6-2-7-20-48)49-21-8-3-9-22-49/h1-41H. The van der Waals surface area contributed by atoms with Gasteiger partial charge in [0.25, 0.3) is 0 Å². The average molecular weight is 804 g/mol. The third-order valence-corrected chi connectivity index (χ3v) is 13.0. The molecule has 0 N–H and O–H groups in total. The van der Waals surface area contributed by atoms with Gasteiger partial charge in [-0.25, -0.2) is 0 Å². The fourth-order valence-corrected chi connectivity index (χ4v) is 10.1. The Kier molecular flexibility index (Phi) is 8.76. The normalized spacial score (nSPS) is 12.6. The molecule has 0 aliphatic heterocycles. The fraction of sp³-hybridized carbons (Fsp3) is 0.0164. The van der Waals surface area contributed by atoms with Crippen LogP contribution >= 0.6 is 0 Å². The largest absolute Gasteiger partial charge is 0.456 e. The van der Waals surface area contributed by atoms with E-state index < -0.39 is 5.41 Å². The molecule has 0 saturated carbocycles. The summed E-state index contributed by atoms with van der Waals surface area (Å²) in [6.45, 7) is 0. The SMILES string of the molecule is c1ccc(-c2ccc(-c3cccc(N(c4ccc(-c5ccc6oc7ccccc7c6c5)cc4)c4cccc5c4-c4ccccc4C5(c4ccccc4)c4ccccc4)c3)cc2)cc1. The van der Waals surface area contributed by atoms with Crippen LogP contribution in [0.4, 0.5) is 17.1 Å². The monoisotopic (exact) mass is 803 g/mol. The maximum Gasteiger partial charge on any atom is 0.135 e. The zero-order chi connectivity index (χ0) is 41.7. The predicted octanol–water partition coefficient (Wildman–Crippen LogP) is 16.4. The second-order valence-corrected chi connectivity index (χ2v) is 16.4. The van der Waals surface area contributed by atoms with Gasteiger partial charge in [-0.15, -0.1) is 0 Å². The van der Waals surface area contributed by atoms with Crippen LogP contribution in [-0.2, 0) is 5.41 Å². The number of anilines is 3. The Hall–Kier alpha value is -8.20. The lowest BCUT2D eigenvalue weighted by atomic mass is 9.68. The number of hydrogen-bond acceptors (Lipinski definition) is 2. The first kappa shape index (κ1) is 36.6. The number of benzene rings is 10. The summed E-state index contributed by atoms with van der Waals surface area (Å²) in [5.41, 5.74) is 19.2. The summed E-state index contributed by atoms with van der Waals surface area (Å²) in [4.78, 5) is 2.46. The third kappa shape index (κ3) is 6.02. The van der Waals surface area contributed by atoms with Crippen molar-refractivity contribution in [1.29, 1.82) is 0 Å². The van der Waals surface area contributed by atoms with Gasteiger partial charge >= 0.3 is 0 Å². The smallest absolute Gasteiger partial charge is 0.135 e. The number of rotatable bonds is 8.